The average molecular weight is 475 g/mol. The van der Waals surface area contributed by atoms with E-state index in [1.807, 2.05) is 78.7 Å². The molecule has 0 saturated heterocycles. The zero-order chi connectivity index (χ0) is 24.2. The average Bonchev–Trinajstić information content (AvgIpc) is 3.65. The number of amides is 1. The van der Waals surface area contributed by atoms with Gasteiger partial charge in [-0.05, 0) is 43.3 Å². The third-order valence-electron chi connectivity index (χ3n) is 6.83. The summed E-state index contributed by atoms with van der Waals surface area (Å²) in [7, 11) is 0. The van der Waals surface area contributed by atoms with Crippen LogP contribution in [-0.4, -0.2) is 41.9 Å². The Balaban J connectivity index is 1.29. The van der Waals surface area contributed by atoms with Gasteiger partial charge in [0.2, 0.25) is 0 Å². The summed E-state index contributed by atoms with van der Waals surface area (Å²) in [5.74, 6) is 0.590. The van der Waals surface area contributed by atoms with Gasteiger partial charge >= 0.3 is 0 Å². The number of H-pyrrole nitrogens is 1. The van der Waals surface area contributed by atoms with Gasteiger partial charge in [0, 0.05) is 41.5 Å². The first-order valence-electron chi connectivity index (χ1n) is 11.9. The quantitative estimate of drug-likeness (QED) is 0.391. The van der Waals surface area contributed by atoms with Crippen molar-refractivity contribution >= 4 is 22.4 Å². The van der Waals surface area contributed by atoms with Gasteiger partial charge in [-0.25, -0.2) is 9.50 Å². The summed E-state index contributed by atoms with van der Waals surface area (Å²) < 4.78 is 7.96. The molecule has 0 bridgehead atoms. The third kappa shape index (κ3) is 3.22. The predicted octanol–water partition coefficient (Wildman–Crippen LogP) is 4.96. The molecular weight excluding hydrogens is 452 g/mol. The SMILES string of the molecule is Cc1cccc(-c2ccc3c(C(=O)N4CCc5[nH]cnc5[C@H]4c4cc5ccccc5o4)cnn3c2)n1. The van der Waals surface area contributed by atoms with Crippen molar-refractivity contribution in [1.29, 1.82) is 0 Å². The number of fused-ring (bicyclic) bond motifs is 3. The fraction of sp³-hybridized carbons (Fsp3) is 0.143. The maximum Gasteiger partial charge on any atom is 0.258 e. The van der Waals surface area contributed by atoms with Gasteiger partial charge < -0.3 is 14.3 Å². The van der Waals surface area contributed by atoms with Crippen LogP contribution in [0.1, 0.15) is 39.2 Å². The van der Waals surface area contributed by atoms with Crippen molar-refractivity contribution in [2.75, 3.05) is 6.54 Å². The van der Waals surface area contributed by atoms with Crippen LogP contribution < -0.4 is 0 Å². The highest BCUT2D eigenvalue weighted by Crippen LogP contribution is 2.37. The number of aryl methyl sites for hydroxylation is 1. The second-order valence-corrected chi connectivity index (χ2v) is 9.07. The number of carbonyl (C=O) groups is 1. The molecule has 1 aliphatic rings. The Labute approximate surface area is 206 Å². The number of pyridine rings is 2. The Hall–Kier alpha value is -4.72. The van der Waals surface area contributed by atoms with Crippen LogP contribution in [0.4, 0.5) is 0 Å². The molecule has 0 fully saturated rings. The van der Waals surface area contributed by atoms with Crippen LogP contribution in [0, 0.1) is 6.92 Å². The fourth-order valence-corrected chi connectivity index (χ4v) is 5.08. The largest absolute Gasteiger partial charge is 0.458 e. The van der Waals surface area contributed by atoms with E-state index < -0.39 is 6.04 Å². The summed E-state index contributed by atoms with van der Waals surface area (Å²) in [6.45, 7) is 2.51. The molecule has 5 aromatic heterocycles. The Morgan fingerprint density at radius 2 is 2.03 bits per heavy atom. The molecule has 1 amide bonds. The lowest BCUT2D eigenvalue weighted by Gasteiger charge is -2.33. The van der Waals surface area contributed by atoms with E-state index in [0.29, 0.717) is 24.3 Å². The Bertz CT molecular complexity index is 1730. The summed E-state index contributed by atoms with van der Waals surface area (Å²) in [5.41, 5.74) is 6.67. The van der Waals surface area contributed by atoms with Crippen molar-refractivity contribution < 1.29 is 9.21 Å². The normalized spacial score (nSPS) is 15.5. The van der Waals surface area contributed by atoms with Gasteiger partial charge in [-0.2, -0.15) is 5.10 Å². The maximum absolute atomic E-state index is 14.0. The van der Waals surface area contributed by atoms with Gasteiger partial charge in [0.1, 0.15) is 17.4 Å². The lowest BCUT2D eigenvalue weighted by Crippen LogP contribution is -2.40. The molecule has 7 rings (SSSR count). The number of benzene rings is 1. The summed E-state index contributed by atoms with van der Waals surface area (Å²) >= 11 is 0. The number of nitrogens with one attached hydrogen (secondary N) is 1. The van der Waals surface area contributed by atoms with Crippen LogP contribution in [0.3, 0.4) is 0 Å². The smallest absolute Gasteiger partial charge is 0.258 e. The van der Waals surface area contributed by atoms with Crippen molar-refractivity contribution in [3.8, 4) is 11.3 Å². The van der Waals surface area contributed by atoms with Gasteiger partial charge in [0.15, 0.2) is 0 Å². The molecule has 0 aliphatic carbocycles. The fourth-order valence-electron chi connectivity index (χ4n) is 5.08. The number of para-hydroxylation sites is 1. The number of furan rings is 1. The van der Waals surface area contributed by atoms with E-state index in [0.717, 1.165) is 44.8 Å². The number of aromatic nitrogens is 5. The van der Waals surface area contributed by atoms with E-state index in [4.69, 9.17) is 4.42 Å². The van der Waals surface area contributed by atoms with Crippen molar-refractivity contribution in [2.24, 2.45) is 0 Å². The zero-order valence-corrected chi connectivity index (χ0v) is 19.5. The van der Waals surface area contributed by atoms with Gasteiger partial charge in [0.05, 0.1) is 35.0 Å². The number of nitrogens with zero attached hydrogens (tertiary/aromatic N) is 5. The molecule has 0 unspecified atom stereocenters. The van der Waals surface area contributed by atoms with Crippen LogP contribution >= 0.6 is 0 Å². The molecule has 6 heterocycles. The second-order valence-electron chi connectivity index (χ2n) is 9.07. The number of hydrogen-bond acceptors (Lipinski definition) is 5. The van der Waals surface area contributed by atoms with E-state index in [2.05, 4.69) is 20.1 Å². The summed E-state index contributed by atoms with van der Waals surface area (Å²) in [6, 6.07) is 19.3. The summed E-state index contributed by atoms with van der Waals surface area (Å²) in [4.78, 5) is 28.2. The minimum Gasteiger partial charge on any atom is -0.458 e. The maximum atomic E-state index is 14.0. The van der Waals surface area contributed by atoms with Gasteiger partial charge in [0.25, 0.3) is 5.91 Å². The van der Waals surface area contributed by atoms with E-state index in [1.165, 1.54) is 0 Å². The monoisotopic (exact) mass is 474 g/mol. The second kappa shape index (κ2) is 7.91. The summed E-state index contributed by atoms with van der Waals surface area (Å²) in [5, 5.41) is 5.50. The molecule has 0 radical (unpaired) electrons. The van der Waals surface area contributed by atoms with E-state index in [1.54, 1.807) is 17.0 Å². The Kier molecular flexibility index (Phi) is 4.54. The van der Waals surface area contributed by atoms with Gasteiger partial charge in [-0.15, -0.1) is 0 Å². The van der Waals surface area contributed by atoms with Gasteiger partial charge in [-0.3, -0.25) is 9.78 Å². The first-order chi connectivity index (χ1) is 17.7. The summed E-state index contributed by atoms with van der Waals surface area (Å²) in [6.07, 6.45) is 5.93. The van der Waals surface area contributed by atoms with Crippen LogP contribution in [0.25, 0.3) is 27.7 Å². The number of carbonyl (C=O) groups excluding carboxylic acids is 1. The van der Waals surface area contributed by atoms with Gasteiger partial charge in [-0.1, -0.05) is 24.3 Å². The standard InChI is InChI=1S/C28H22N6O2/c1-17-5-4-7-21(32-17)19-9-10-23-20(14-31-34(23)15-19)28(35)33-12-11-22-26(30-16-29-22)27(33)25-13-18-6-2-3-8-24(18)36-25/h2-10,13-16,27H,11-12H2,1H3,(H,29,30)/t27-/m1/s1. The van der Waals surface area contributed by atoms with E-state index in [9.17, 15) is 4.79 Å². The molecule has 1 aromatic carbocycles. The zero-order valence-electron chi connectivity index (χ0n) is 19.5. The van der Waals surface area contributed by atoms with Crippen LogP contribution in [-0.2, 0) is 6.42 Å². The topological polar surface area (TPSA) is 92.3 Å². The molecule has 0 saturated carbocycles. The number of imidazole rings is 1. The first kappa shape index (κ1) is 20.6. The minimum atomic E-state index is -0.425. The third-order valence-corrected chi connectivity index (χ3v) is 6.83. The van der Waals surface area contributed by atoms with Crippen molar-refractivity contribution in [3.63, 3.8) is 0 Å². The molecule has 1 atom stereocenters. The van der Waals surface area contributed by atoms with Crippen molar-refractivity contribution in [2.45, 2.75) is 19.4 Å². The molecule has 1 aliphatic heterocycles. The molecule has 6 aromatic rings. The van der Waals surface area contributed by atoms with E-state index in [-0.39, 0.29) is 5.91 Å². The van der Waals surface area contributed by atoms with Crippen LogP contribution in [0.15, 0.2) is 83.8 Å². The Morgan fingerprint density at radius 3 is 2.92 bits per heavy atom. The minimum absolute atomic E-state index is 0.106. The molecule has 0 spiro atoms. The lowest BCUT2D eigenvalue weighted by molar-refractivity contribution is 0.0675. The van der Waals surface area contributed by atoms with E-state index >= 15 is 0 Å². The molecule has 36 heavy (non-hydrogen) atoms. The highest BCUT2D eigenvalue weighted by molar-refractivity contribution is 6.01. The van der Waals surface area contributed by atoms with Crippen LogP contribution in [0.2, 0.25) is 0 Å². The predicted molar refractivity (Wildman–Crippen MR) is 135 cm³/mol. The number of hydrogen-bond donors (Lipinski definition) is 1. The highest BCUT2D eigenvalue weighted by atomic mass is 16.3. The molecule has 176 valence electrons. The molecule has 1 N–H and O–H groups in total. The lowest BCUT2D eigenvalue weighted by atomic mass is 9.99. The van der Waals surface area contributed by atoms with Crippen LogP contribution in [0.5, 0.6) is 0 Å². The number of aromatic amines is 1. The number of rotatable bonds is 3. The van der Waals surface area contributed by atoms with Crippen molar-refractivity contribution in [1.82, 2.24) is 29.5 Å². The van der Waals surface area contributed by atoms with Crippen molar-refractivity contribution in [3.05, 3.63) is 108 Å². The highest BCUT2D eigenvalue weighted by Gasteiger charge is 2.37. The molecule has 8 nitrogen and oxygen atoms in total. The Morgan fingerprint density at radius 1 is 1.11 bits per heavy atom. The first-order valence-corrected chi connectivity index (χ1v) is 11.9. The molecular formula is C28H22N6O2. The molecule has 8 heteroatoms.